The second-order valence-corrected chi connectivity index (χ2v) is 23.6. The van der Waals surface area contributed by atoms with Crippen LogP contribution in [0.5, 0.6) is 11.5 Å². The molecule has 0 radical (unpaired) electrons. The number of amides is 10. The topological polar surface area (TPSA) is 467 Å². The Kier molecular flexibility index (Phi) is 21.3. The molecule has 472 valence electrons. The Bertz CT molecular complexity index is 3530. The number of nitrogens with zero attached hydrogens (tertiary/aromatic N) is 12. The summed E-state index contributed by atoms with van der Waals surface area (Å²) in [6.45, 7) is 3.05. The first-order valence-corrected chi connectivity index (χ1v) is 30.7. The minimum Gasteiger partial charge on any atom is -0.508 e. The number of piperazine rings is 2. The predicted molar refractivity (Wildman–Crippen MR) is 309 cm³/mol. The summed E-state index contributed by atoms with van der Waals surface area (Å²) >= 11 is 4.12. The molecular weight excluding hydrogens is 1250 g/mol. The number of carbonyl (C=O) groups excluding carboxylic acids is 9. The highest BCUT2D eigenvalue weighted by Crippen LogP contribution is 2.32. The molecule has 10 N–H and O–H groups in total. The average Bonchev–Trinajstić information content (AvgIpc) is 2.94. The number of phenolic OH excluding ortho intramolecular Hbond substituents is 1. The van der Waals surface area contributed by atoms with E-state index in [0.717, 1.165) is 47.0 Å². The first-order chi connectivity index (χ1) is 42.5. The number of urea groups is 2. The number of aromatic hydroxyl groups is 1. The fourth-order valence-corrected chi connectivity index (χ4v) is 13.4. The van der Waals surface area contributed by atoms with Gasteiger partial charge in [0.1, 0.15) is 45.7 Å². The number of tetrazole rings is 2. The van der Waals surface area contributed by atoms with Gasteiger partial charge in [-0.3, -0.25) is 38.6 Å². The zero-order valence-electron chi connectivity index (χ0n) is 47.2. The van der Waals surface area contributed by atoms with Crippen LogP contribution in [-0.4, -0.2) is 237 Å². The van der Waals surface area contributed by atoms with Crippen LogP contribution in [0.2, 0.25) is 0 Å². The minimum atomic E-state index is -1.89. The SMILES string of the molecule is CCN1CCN(C(=O)NC(C(=O)NC(C(=O)O)C2NC(C(=O)O)=C(CSc3nnnn3C)CS2)c2ccc(OC(=O)C3=C(CSc4nnnn4C)CSC(C(NC(=O)C(NC(=O)N4CCN(CC)C(=O)C4=O)c4ccc(O)cc4)C(=O)O)N3)cc2)C(=O)C1=O. The molecule has 2 saturated heterocycles. The molecular formula is C50H56N18O17S4. The van der Waals surface area contributed by atoms with Crippen molar-refractivity contribution in [3.05, 3.63) is 82.2 Å². The van der Waals surface area contributed by atoms with E-state index in [1.807, 2.05) is 0 Å². The van der Waals surface area contributed by atoms with Gasteiger partial charge in [-0.2, -0.15) is 0 Å². The Hall–Kier alpha value is -9.50. The van der Waals surface area contributed by atoms with E-state index < -0.39 is 106 Å². The summed E-state index contributed by atoms with van der Waals surface area (Å²) in [6.07, 6.45) is 0. The molecule has 6 unspecified atom stereocenters. The Morgan fingerprint density at radius 2 is 1.02 bits per heavy atom. The number of ether oxygens (including phenoxy) is 1. The number of benzene rings is 2. The monoisotopic (exact) mass is 1310 g/mol. The number of carboxylic acids is 3. The molecule has 0 saturated carbocycles. The van der Waals surface area contributed by atoms with E-state index in [4.69, 9.17) is 4.74 Å². The number of aromatic nitrogens is 8. The second kappa shape index (κ2) is 29.0. The van der Waals surface area contributed by atoms with Crippen LogP contribution in [0.15, 0.2) is 81.4 Å². The quantitative estimate of drug-likeness (QED) is 0.0160. The third-order valence-corrected chi connectivity index (χ3v) is 18.5. The molecule has 6 atom stereocenters. The Morgan fingerprint density at radius 1 is 0.607 bits per heavy atom. The molecule has 35 nitrogen and oxygen atoms in total. The van der Waals surface area contributed by atoms with Crippen LogP contribution in [0, 0.1) is 0 Å². The highest BCUT2D eigenvalue weighted by atomic mass is 32.2. The van der Waals surface area contributed by atoms with Crippen molar-refractivity contribution in [3.63, 3.8) is 0 Å². The van der Waals surface area contributed by atoms with Crippen LogP contribution >= 0.6 is 47.0 Å². The molecule has 8 rings (SSSR count). The summed E-state index contributed by atoms with van der Waals surface area (Å²) in [7, 11) is 3.15. The third kappa shape index (κ3) is 15.4. The van der Waals surface area contributed by atoms with E-state index in [9.17, 15) is 78.0 Å². The van der Waals surface area contributed by atoms with Gasteiger partial charge in [0.2, 0.25) is 22.1 Å². The predicted octanol–water partition coefficient (Wildman–Crippen LogP) is -2.43. The molecule has 2 fully saturated rings. The normalized spacial score (nSPS) is 18.5. The van der Waals surface area contributed by atoms with Gasteiger partial charge in [-0.15, -0.1) is 33.7 Å². The van der Waals surface area contributed by atoms with Gasteiger partial charge in [0, 0.05) is 76.4 Å². The van der Waals surface area contributed by atoms with Crippen LogP contribution in [-0.2, 0) is 62.0 Å². The molecule has 6 heterocycles. The zero-order valence-corrected chi connectivity index (χ0v) is 50.5. The Balaban J connectivity index is 1.03. The minimum absolute atomic E-state index is 0.00235. The number of aryl methyl sites for hydroxylation is 2. The average molecular weight is 1310 g/mol. The van der Waals surface area contributed by atoms with Crippen LogP contribution in [0.4, 0.5) is 9.59 Å². The first kappa shape index (κ1) is 65.5. The van der Waals surface area contributed by atoms with Crippen LogP contribution < -0.4 is 36.6 Å². The van der Waals surface area contributed by atoms with Gasteiger partial charge in [0.05, 0.1) is 0 Å². The summed E-state index contributed by atoms with van der Waals surface area (Å²) < 4.78 is 8.53. The summed E-state index contributed by atoms with van der Waals surface area (Å²) in [5.74, 6) is -12.9. The zero-order chi connectivity index (χ0) is 64.4. The fraction of sp³-hybridized carbons (Fsp3) is 0.400. The van der Waals surface area contributed by atoms with E-state index in [-0.39, 0.29) is 96.3 Å². The van der Waals surface area contributed by atoms with Gasteiger partial charge < -0.3 is 66.9 Å². The number of nitrogens with one attached hydrogen (secondary N) is 6. The lowest BCUT2D eigenvalue weighted by Crippen LogP contribution is -2.60. The van der Waals surface area contributed by atoms with Crippen molar-refractivity contribution in [2.45, 2.75) is 59.1 Å². The molecule has 39 heteroatoms. The number of phenols is 1. The number of thioether (sulfide) groups is 4. The van der Waals surface area contributed by atoms with Crippen molar-refractivity contribution < 1.29 is 82.7 Å². The number of carbonyl (C=O) groups is 12. The molecule has 2 aromatic carbocycles. The lowest BCUT2D eigenvalue weighted by atomic mass is 10.0. The van der Waals surface area contributed by atoms with Crippen molar-refractivity contribution in [1.29, 1.82) is 0 Å². The van der Waals surface area contributed by atoms with Crippen molar-refractivity contribution in [3.8, 4) is 11.5 Å². The number of imide groups is 2. The van der Waals surface area contributed by atoms with E-state index in [0.29, 0.717) is 31.3 Å². The molecule has 0 bridgehead atoms. The lowest BCUT2D eigenvalue weighted by Gasteiger charge is -2.34. The number of aliphatic carboxylic acids is 3. The molecule has 4 aliphatic heterocycles. The van der Waals surface area contributed by atoms with Crippen LogP contribution in [0.25, 0.3) is 0 Å². The van der Waals surface area contributed by atoms with Gasteiger partial charge >= 0.3 is 59.6 Å². The molecule has 89 heavy (non-hydrogen) atoms. The molecule has 4 aliphatic rings. The van der Waals surface area contributed by atoms with Gasteiger partial charge in [-0.05, 0) is 81.2 Å². The molecule has 0 aliphatic carbocycles. The molecule has 0 spiro atoms. The van der Waals surface area contributed by atoms with E-state index in [2.05, 4.69) is 63.0 Å². The van der Waals surface area contributed by atoms with Crippen LogP contribution in [0.3, 0.4) is 0 Å². The lowest BCUT2D eigenvalue weighted by molar-refractivity contribution is -0.153. The third-order valence-electron chi connectivity index (χ3n) is 13.8. The van der Waals surface area contributed by atoms with Crippen molar-refractivity contribution in [2.75, 3.05) is 62.3 Å². The maximum absolute atomic E-state index is 14.5. The van der Waals surface area contributed by atoms with Gasteiger partial charge in [0.25, 0.3) is 0 Å². The summed E-state index contributed by atoms with van der Waals surface area (Å²) in [4.78, 5) is 165. The van der Waals surface area contributed by atoms with Crippen LogP contribution in [0.1, 0.15) is 37.1 Å². The number of carboxylic acid groups (broad SMARTS) is 3. The summed E-state index contributed by atoms with van der Waals surface area (Å²) in [6, 6.07) is -0.0421. The highest BCUT2D eigenvalue weighted by Gasteiger charge is 2.43. The Morgan fingerprint density at radius 3 is 1.42 bits per heavy atom. The first-order valence-electron chi connectivity index (χ1n) is 26.6. The number of rotatable bonds is 23. The number of hydrogen-bond donors (Lipinski definition) is 10. The number of hydrogen-bond acceptors (Lipinski definition) is 26. The van der Waals surface area contributed by atoms with Gasteiger partial charge in [-0.1, -0.05) is 47.8 Å². The van der Waals surface area contributed by atoms with Crippen molar-refractivity contribution >= 4 is 118 Å². The smallest absolute Gasteiger partial charge is 0.359 e. The molecule has 2 aromatic heterocycles. The fourth-order valence-electron chi connectivity index (χ4n) is 8.99. The maximum Gasteiger partial charge on any atom is 0.359 e. The molecule has 10 amide bonds. The number of likely N-dealkylation sites (N-methyl/N-ethyl adjacent to an activating group) is 2. The summed E-state index contributed by atoms with van der Waals surface area (Å²) in [5.41, 5.74) is -0.00601. The number of esters is 1. The van der Waals surface area contributed by atoms with Gasteiger partial charge in [-0.25, -0.2) is 38.1 Å². The van der Waals surface area contributed by atoms with E-state index in [1.165, 1.54) is 67.7 Å². The molecule has 4 aromatic rings. The van der Waals surface area contributed by atoms with Gasteiger partial charge in [0.15, 0.2) is 12.1 Å². The highest BCUT2D eigenvalue weighted by molar-refractivity contribution is 8.01. The van der Waals surface area contributed by atoms with E-state index in [1.54, 1.807) is 27.9 Å². The van der Waals surface area contributed by atoms with Crippen molar-refractivity contribution in [2.24, 2.45) is 14.1 Å². The maximum atomic E-state index is 14.5. The van der Waals surface area contributed by atoms with E-state index >= 15 is 0 Å². The standard InChI is InChI=1S/C50H56N18O17S4/c1-5-65-15-17-67(41(74)39(65)72)47(83)55-29(23-7-11-27(69)12-8-23)35(70)52-34(45(80)81)38-54-32(26(20-87-38)22-89-50-58-60-62-64(50)4)46(82)85-28-13-9-24(10-14-28)30(56-48(84)68-18-16-66(6-2)40(73)42(68)75)36(71)51-33(44(78)79)37-53-31(43(76)77)25(19-86-37)21-88-49-57-59-61-63(49)3/h7-14,29-30,33-34,37-38,53-54,69H,5-6,15-22H2,1-4H3,(H,51,71)(H,52,70)(H,55,83)(H,56,84)(H,76,77)(H,78,79)(H,80,81). The summed E-state index contributed by atoms with van der Waals surface area (Å²) in [5, 5.41) is 77.0. The largest absolute Gasteiger partial charge is 0.508 e. The van der Waals surface area contributed by atoms with Crippen molar-refractivity contribution in [1.82, 2.24) is 91.9 Å². The Labute approximate surface area is 519 Å². The second-order valence-electron chi connectivity index (χ2n) is 19.4.